The molecule has 1 nitrogen and oxygen atoms in total. The van der Waals surface area contributed by atoms with E-state index < -0.39 is 0 Å². The monoisotopic (exact) mass is 215 g/mol. The van der Waals surface area contributed by atoms with Gasteiger partial charge in [-0.25, -0.2) is 0 Å². The van der Waals surface area contributed by atoms with Crippen LogP contribution in [-0.2, 0) is 0 Å². The van der Waals surface area contributed by atoms with Crippen molar-refractivity contribution in [1.82, 2.24) is 5.32 Å². The molecule has 0 heterocycles. The van der Waals surface area contributed by atoms with E-state index >= 15 is 0 Å². The van der Waals surface area contributed by atoms with Gasteiger partial charge in [0.15, 0.2) is 0 Å². The molecule has 2 aliphatic carbocycles. The summed E-state index contributed by atoms with van der Waals surface area (Å²) >= 11 is 0. The highest BCUT2D eigenvalue weighted by molar-refractivity contribution is 5.27. The van der Waals surface area contributed by atoms with Gasteiger partial charge in [0.25, 0.3) is 0 Å². The molecule has 0 aromatic heterocycles. The van der Waals surface area contributed by atoms with E-state index in [4.69, 9.17) is 0 Å². The van der Waals surface area contributed by atoms with Gasteiger partial charge in [0.2, 0.25) is 0 Å². The predicted octanol–water partition coefficient (Wildman–Crippen LogP) is 3.24. The van der Waals surface area contributed by atoms with E-state index in [1.54, 1.807) is 5.56 Å². The highest BCUT2D eigenvalue weighted by Crippen LogP contribution is 2.37. The van der Waals surface area contributed by atoms with E-state index in [0.717, 1.165) is 17.9 Å². The van der Waals surface area contributed by atoms with Gasteiger partial charge in [-0.2, -0.15) is 0 Å². The van der Waals surface area contributed by atoms with Crippen molar-refractivity contribution < 1.29 is 0 Å². The Hall–Kier alpha value is -0.820. The first-order valence-corrected chi connectivity index (χ1v) is 6.61. The van der Waals surface area contributed by atoms with Crippen LogP contribution in [0.5, 0.6) is 0 Å². The van der Waals surface area contributed by atoms with Gasteiger partial charge in [0.1, 0.15) is 0 Å². The minimum absolute atomic E-state index is 0.797. The molecule has 0 amide bonds. The number of hydrogen-bond acceptors (Lipinski definition) is 1. The fraction of sp³-hybridized carbons (Fsp3) is 0.600. The minimum Gasteiger partial charge on any atom is -0.314 e. The first-order chi connectivity index (χ1) is 7.81. The van der Waals surface area contributed by atoms with Crippen LogP contribution in [0.4, 0.5) is 0 Å². The Kier molecular flexibility index (Phi) is 2.72. The molecule has 0 aliphatic heterocycles. The van der Waals surface area contributed by atoms with Crippen LogP contribution in [0.2, 0.25) is 0 Å². The molecule has 2 aliphatic rings. The Morgan fingerprint density at radius 3 is 2.75 bits per heavy atom. The van der Waals surface area contributed by atoms with Gasteiger partial charge in [-0.05, 0) is 56.6 Å². The van der Waals surface area contributed by atoms with Gasteiger partial charge in [-0.3, -0.25) is 0 Å². The fourth-order valence-electron chi connectivity index (χ4n) is 2.64. The fourth-order valence-corrected chi connectivity index (χ4v) is 2.64. The first kappa shape index (κ1) is 10.3. The molecule has 0 atom stereocenters. The quantitative estimate of drug-likeness (QED) is 0.813. The lowest BCUT2D eigenvalue weighted by molar-refractivity contribution is 0.288. The Labute approximate surface area is 98.3 Å². The summed E-state index contributed by atoms with van der Waals surface area (Å²) in [6.07, 6.45) is 5.61. The molecule has 86 valence electrons. The molecule has 2 saturated carbocycles. The summed E-state index contributed by atoms with van der Waals surface area (Å²) in [5.74, 6) is 1.83. The zero-order valence-corrected chi connectivity index (χ0v) is 10.1. The summed E-state index contributed by atoms with van der Waals surface area (Å²) in [7, 11) is 0. The normalized spacial score (nSPS) is 28.8. The number of nitrogens with one attached hydrogen (secondary N) is 1. The van der Waals surface area contributed by atoms with Crippen LogP contribution in [-0.4, -0.2) is 12.6 Å². The maximum Gasteiger partial charge on any atom is 0.00788 e. The van der Waals surface area contributed by atoms with Gasteiger partial charge in [0.05, 0.1) is 0 Å². The summed E-state index contributed by atoms with van der Waals surface area (Å²) in [6.45, 7) is 3.45. The van der Waals surface area contributed by atoms with Crippen molar-refractivity contribution in [1.29, 1.82) is 0 Å². The lowest BCUT2D eigenvalue weighted by Crippen LogP contribution is -2.40. The van der Waals surface area contributed by atoms with Gasteiger partial charge >= 0.3 is 0 Å². The maximum atomic E-state index is 3.70. The third-order valence-corrected chi connectivity index (χ3v) is 4.04. The van der Waals surface area contributed by atoms with Crippen molar-refractivity contribution in [3.63, 3.8) is 0 Å². The van der Waals surface area contributed by atoms with Crippen molar-refractivity contribution in [2.75, 3.05) is 6.54 Å². The molecule has 0 unspecified atom stereocenters. The van der Waals surface area contributed by atoms with Crippen LogP contribution in [0.3, 0.4) is 0 Å². The van der Waals surface area contributed by atoms with Gasteiger partial charge in [0, 0.05) is 6.04 Å². The third kappa shape index (κ3) is 2.30. The minimum atomic E-state index is 0.797. The van der Waals surface area contributed by atoms with E-state index in [9.17, 15) is 0 Å². The standard InChI is InChI=1S/C15H21N/c1-11-3-2-4-13(7-11)14-8-15(9-14)16-10-12-5-6-12/h2-4,7,12,14-16H,5-6,8-10H2,1H3. The summed E-state index contributed by atoms with van der Waals surface area (Å²) in [5.41, 5.74) is 2.94. The van der Waals surface area contributed by atoms with E-state index in [2.05, 4.69) is 36.5 Å². The van der Waals surface area contributed by atoms with Crippen LogP contribution >= 0.6 is 0 Å². The molecule has 1 aromatic rings. The Morgan fingerprint density at radius 1 is 1.25 bits per heavy atom. The van der Waals surface area contributed by atoms with Crippen LogP contribution in [0.25, 0.3) is 0 Å². The molecule has 2 fully saturated rings. The predicted molar refractivity (Wildman–Crippen MR) is 67.7 cm³/mol. The average molecular weight is 215 g/mol. The van der Waals surface area contributed by atoms with Crippen molar-refractivity contribution in [2.45, 2.75) is 44.6 Å². The summed E-state index contributed by atoms with van der Waals surface area (Å²) in [6, 6.07) is 9.81. The molecule has 1 N–H and O–H groups in total. The molecule has 1 aromatic carbocycles. The van der Waals surface area contributed by atoms with E-state index in [-0.39, 0.29) is 0 Å². The molecule has 0 bridgehead atoms. The number of benzene rings is 1. The van der Waals surface area contributed by atoms with Crippen LogP contribution in [0.15, 0.2) is 24.3 Å². The van der Waals surface area contributed by atoms with Crippen molar-refractivity contribution in [2.24, 2.45) is 5.92 Å². The number of aryl methyl sites for hydroxylation is 1. The highest BCUT2D eigenvalue weighted by Gasteiger charge is 2.31. The summed E-state index contributed by atoms with van der Waals surface area (Å²) in [5, 5.41) is 3.70. The van der Waals surface area contributed by atoms with Gasteiger partial charge < -0.3 is 5.32 Å². The lowest BCUT2D eigenvalue weighted by atomic mass is 9.75. The van der Waals surface area contributed by atoms with E-state index in [1.165, 1.54) is 37.8 Å². The van der Waals surface area contributed by atoms with E-state index in [1.807, 2.05) is 0 Å². The zero-order valence-electron chi connectivity index (χ0n) is 10.1. The Balaban J connectivity index is 1.48. The summed E-state index contributed by atoms with van der Waals surface area (Å²) < 4.78 is 0. The largest absolute Gasteiger partial charge is 0.314 e. The first-order valence-electron chi connectivity index (χ1n) is 6.61. The smallest absolute Gasteiger partial charge is 0.00788 e. The maximum absolute atomic E-state index is 3.70. The molecule has 0 saturated heterocycles. The molecule has 3 rings (SSSR count). The highest BCUT2D eigenvalue weighted by atomic mass is 14.9. The van der Waals surface area contributed by atoms with Gasteiger partial charge in [-0.1, -0.05) is 29.8 Å². The summed E-state index contributed by atoms with van der Waals surface area (Å²) in [4.78, 5) is 0. The van der Waals surface area contributed by atoms with Crippen LogP contribution in [0, 0.1) is 12.8 Å². The molecular weight excluding hydrogens is 194 g/mol. The Morgan fingerprint density at radius 2 is 2.06 bits per heavy atom. The van der Waals surface area contributed by atoms with Gasteiger partial charge in [-0.15, -0.1) is 0 Å². The number of rotatable bonds is 4. The SMILES string of the molecule is Cc1cccc(C2CC(NCC3CC3)C2)c1. The topological polar surface area (TPSA) is 12.0 Å². The second kappa shape index (κ2) is 4.21. The average Bonchev–Trinajstić information content (AvgIpc) is 2.99. The van der Waals surface area contributed by atoms with Crippen molar-refractivity contribution in [3.8, 4) is 0 Å². The molecular formula is C15H21N. The Bertz CT molecular complexity index is 361. The second-order valence-corrected chi connectivity index (χ2v) is 5.63. The lowest BCUT2D eigenvalue weighted by Gasteiger charge is -2.36. The third-order valence-electron chi connectivity index (χ3n) is 4.04. The van der Waals surface area contributed by atoms with Crippen LogP contribution < -0.4 is 5.32 Å². The van der Waals surface area contributed by atoms with Crippen molar-refractivity contribution >= 4 is 0 Å². The molecule has 1 heteroatoms. The van der Waals surface area contributed by atoms with Crippen LogP contribution in [0.1, 0.15) is 42.7 Å². The van der Waals surface area contributed by atoms with E-state index in [0.29, 0.717) is 0 Å². The molecule has 0 spiro atoms. The van der Waals surface area contributed by atoms with Crippen molar-refractivity contribution in [3.05, 3.63) is 35.4 Å². The molecule has 16 heavy (non-hydrogen) atoms. The molecule has 0 radical (unpaired) electrons. The second-order valence-electron chi connectivity index (χ2n) is 5.63. The number of hydrogen-bond donors (Lipinski definition) is 1. The zero-order chi connectivity index (χ0) is 11.0.